The second-order valence-corrected chi connectivity index (χ2v) is 11.2. The maximum absolute atomic E-state index is 12.9. The van der Waals surface area contributed by atoms with Gasteiger partial charge in [0.2, 0.25) is 10.0 Å². The molecule has 0 atom stereocenters. The van der Waals surface area contributed by atoms with Gasteiger partial charge in [-0.15, -0.1) is 0 Å². The molecule has 2 heterocycles. The fraction of sp³-hybridized carbons (Fsp3) is 0.636. The molecule has 2 aliphatic heterocycles. The Hall–Kier alpha value is -1.31. The summed E-state index contributed by atoms with van der Waals surface area (Å²) in [5.74, 6) is 1.71. The number of aryl methyl sites for hydroxylation is 2. The van der Waals surface area contributed by atoms with Gasteiger partial charge in [0.15, 0.2) is 0 Å². The van der Waals surface area contributed by atoms with Crippen LogP contribution in [0.25, 0.3) is 0 Å². The van der Waals surface area contributed by atoms with Crippen LogP contribution < -0.4 is 5.32 Å². The SMILES string of the molecule is Cc1ccccc1CCS(=O)(=O)N1CCC2(CC1)N=C(C1CCCCC1)NC2=S. The number of amidine groups is 1. The number of nitrogens with zero attached hydrogens (tertiary/aromatic N) is 2. The summed E-state index contributed by atoms with van der Waals surface area (Å²) < 4.78 is 27.5. The van der Waals surface area contributed by atoms with Gasteiger partial charge in [-0.1, -0.05) is 55.7 Å². The van der Waals surface area contributed by atoms with Crippen LogP contribution in [0.2, 0.25) is 0 Å². The Morgan fingerprint density at radius 2 is 1.86 bits per heavy atom. The largest absolute Gasteiger partial charge is 0.336 e. The van der Waals surface area contributed by atoms with E-state index >= 15 is 0 Å². The molecule has 1 aromatic rings. The van der Waals surface area contributed by atoms with Crippen LogP contribution >= 0.6 is 12.2 Å². The van der Waals surface area contributed by atoms with Crippen molar-refractivity contribution in [1.29, 1.82) is 0 Å². The van der Waals surface area contributed by atoms with Crippen LogP contribution in [-0.2, 0) is 16.4 Å². The number of sulfonamides is 1. The van der Waals surface area contributed by atoms with Gasteiger partial charge in [-0.3, -0.25) is 4.99 Å². The Labute approximate surface area is 180 Å². The zero-order valence-corrected chi connectivity index (χ0v) is 18.8. The number of rotatable bonds is 5. The lowest BCUT2D eigenvalue weighted by Crippen LogP contribution is -2.50. The highest BCUT2D eigenvalue weighted by molar-refractivity contribution is 7.89. The van der Waals surface area contributed by atoms with Gasteiger partial charge in [0.1, 0.15) is 16.4 Å². The molecule has 5 nitrogen and oxygen atoms in total. The van der Waals surface area contributed by atoms with Crippen LogP contribution in [-0.4, -0.2) is 47.9 Å². The monoisotopic (exact) mass is 433 g/mol. The van der Waals surface area contributed by atoms with E-state index in [1.54, 1.807) is 4.31 Å². The Kier molecular flexibility index (Phi) is 6.09. The van der Waals surface area contributed by atoms with Gasteiger partial charge in [-0.25, -0.2) is 12.7 Å². The normalized spacial score (nSPS) is 23.2. The molecule has 1 N–H and O–H groups in total. The van der Waals surface area contributed by atoms with E-state index in [2.05, 4.69) is 5.32 Å². The Bertz CT molecular complexity index is 896. The van der Waals surface area contributed by atoms with E-state index in [-0.39, 0.29) is 11.3 Å². The molecule has 29 heavy (non-hydrogen) atoms. The lowest BCUT2D eigenvalue weighted by atomic mass is 9.88. The number of aliphatic imine (C=N–C) groups is 1. The Morgan fingerprint density at radius 1 is 1.17 bits per heavy atom. The first-order chi connectivity index (χ1) is 13.9. The predicted molar refractivity (Wildman–Crippen MR) is 122 cm³/mol. The molecule has 0 radical (unpaired) electrons. The number of hydrogen-bond acceptors (Lipinski definition) is 4. The van der Waals surface area contributed by atoms with Gasteiger partial charge in [0.05, 0.1) is 5.75 Å². The van der Waals surface area contributed by atoms with E-state index in [1.807, 2.05) is 31.2 Å². The molecule has 0 aromatic heterocycles. The molecule has 1 spiro atoms. The first kappa shape index (κ1) is 20.9. The summed E-state index contributed by atoms with van der Waals surface area (Å²) in [6, 6.07) is 8.00. The molecule has 7 heteroatoms. The van der Waals surface area contributed by atoms with Crippen LogP contribution in [0.1, 0.15) is 56.1 Å². The van der Waals surface area contributed by atoms with Crippen LogP contribution in [0.4, 0.5) is 0 Å². The Balaban J connectivity index is 1.38. The predicted octanol–water partition coefficient (Wildman–Crippen LogP) is 3.61. The maximum atomic E-state index is 12.9. The molecule has 0 unspecified atom stereocenters. The highest BCUT2D eigenvalue weighted by Crippen LogP contribution is 2.35. The molecule has 1 aliphatic carbocycles. The van der Waals surface area contributed by atoms with Crippen molar-refractivity contribution in [3.8, 4) is 0 Å². The van der Waals surface area contributed by atoms with Crippen LogP contribution in [0.15, 0.2) is 29.3 Å². The van der Waals surface area contributed by atoms with Gasteiger partial charge < -0.3 is 5.32 Å². The van der Waals surface area contributed by atoms with E-state index in [0.29, 0.717) is 38.3 Å². The third-order valence-corrected chi connectivity index (χ3v) is 9.18. The lowest BCUT2D eigenvalue weighted by molar-refractivity contribution is 0.292. The van der Waals surface area contributed by atoms with Crippen molar-refractivity contribution in [1.82, 2.24) is 9.62 Å². The standard InChI is InChI=1S/C22H31N3O2S2/c1-17-7-5-6-8-18(17)11-16-29(26,27)25-14-12-22(13-15-25)21(28)23-20(24-22)19-9-3-2-4-10-19/h5-8,19H,2-4,9-16H2,1H3,(H,23,24,28). The second kappa shape index (κ2) is 8.44. The minimum Gasteiger partial charge on any atom is -0.336 e. The fourth-order valence-electron chi connectivity index (χ4n) is 4.84. The van der Waals surface area contributed by atoms with Crippen molar-refractivity contribution >= 4 is 33.1 Å². The quantitative estimate of drug-likeness (QED) is 0.721. The highest BCUT2D eigenvalue weighted by atomic mass is 32.2. The highest BCUT2D eigenvalue weighted by Gasteiger charge is 2.45. The topological polar surface area (TPSA) is 61.8 Å². The molecule has 158 valence electrons. The van der Waals surface area contributed by atoms with E-state index in [1.165, 1.54) is 32.1 Å². The average Bonchev–Trinajstić information content (AvgIpc) is 3.04. The summed E-state index contributed by atoms with van der Waals surface area (Å²) in [6.07, 6.45) is 8.12. The molecule has 1 saturated carbocycles. The summed E-state index contributed by atoms with van der Waals surface area (Å²) in [6.45, 7) is 3.03. The van der Waals surface area contributed by atoms with Crippen LogP contribution in [0.3, 0.4) is 0 Å². The van der Waals surface area contributed by atoms with Crippen molar-refractivity contribution in [2.24, 2.45) is 10.9 Å². The molecule has 0 bridgehead atoms. The van der Waals surface area contributed by atoms with Gasteiger partial charge in [-0.2, -0.15) is 0 Å². The van der Waals surface area contributed by atoms with E-state index in [4.69, 9.17) is 17.2 Å². The molecular formula is C22H31N3O2S2. The van der Waals surface area contributed by atoms with Gasteiger partial charge in [-0.05, 0) is 50.2 Å². The van der Waals surface area contributed by atoms with Crippen LogP contribution in [0, 0.1) is 12.8 Å². The van der Waals surface area contributed by atoms with Crippen molar-refractivity contribution < 1.29 is 8.42 Å². The summed E-state index contributed by atoms with van der Waals surface area (Å²) >= 11 is 5.67. The average molecular weight is 434 g/mol. The van der Waals surface area contributed by atoms with E-state index < -0.39 is 10.0 Å². The van der Waals surface area contributed by atoms with E-state index in [9.17, 15) is 8.42 Å². The third kappa shape index (κ3) is 4.42. The minimum atomic E-state index is -3.27. The number of thiocarbonyl (C=S) groups is 1. The summed E-state index contributed by atoms with van der Waals surface area (Å²) in [4.78, 5) is 5.85. The van der Waals surface area contributed by atoms with Gasteiger partial charge in [0.25, 0.3) is 0 Å². The first-order valence-corrected chi connectivity index (χ1v) is 12.8. The molecule has 0 amide bonds. The summed E-state index contributed by atoms with van der Waals surface area (Å²) in [7, 11) is -3.27. The number of nitrogens with one attached hydrogen (secondary N) is 1. The van der Waals surface area contributed by atoms with E-state index in [0.717, 1.165) is 22.0 Å². The van der Waals surface area contributed by atoms with Gasteiger partial charge in [0, 0.05) is 19.0 Å². The fourth-order valence-corrected chi connectivity index (χ4v) is 6.67. The van der Waals surface area contributed by atoms with Gasteiger partial charge >= 0.3 is 0 Å². The number of hydrogen-bond donors (Lipinski definition) is 1. The van der Waals surface area contributed by atoms with Crippen molar-refractivity contribution in [2.45, 2.75) is 63.8 Å². The summed E-state index contributed by atoms with van der Waals surface area (Å²) in [5.41, 5.74) is 1.86. The molecule has 1 aromatic carbocycles. The lowest BCUT2D eigenvalue weighted by Gasteiger charge is -2.36. The van der Waals surface area contributed by atoms with Crippen molar-refractivity contribution in [2.75, 3.05) is 18.8 Å². The zero-order valence-electron chi connectivity index (χ0n) is 17.2. The molecule has 2 fully saturated rings. The van der Waals surface area contributed by atoms with Crippen LogP contribution in [0.5, 0.6) is 0 Å². The molecule has 4 rings (SSSR count). The molecule has 3 aliphatic rings. The maximum Gasteiger partial charge on any atom is 0.214 e. The smallest absolute Gasteiger partial charge is 0.214 e. The second-order valence-electron chi connectivity index (χ2n) is 8.71. The zero-order chi connectivity index (χ0) is 20.5. The number of piperidine rings is 1. The van der Waals surface area contributed by atoms with Crippen molar-refractivity contribution in [3.63, 3.8) is 0 Å². The molecule has 1 saturated heterocycles. The Morgan fingerprint density at radius 3 is 2.55 bits per heavy atom. The van der Waals surface area contributed by atoms with Crippen molar-refractivity contribution in [3.05, 3.63) is 35.4 Å². The summed E-state index contributed by atoms with van der Waals surface area (Å²) in [5, 5.41) is 3.40. The number of benzene rings is 1. The molecular weight excluding hydrogens is 402 g/mol. The minimum absolute atomic E-state index is 0.157. The third-order valence-electron chi connectivity index (χ3n) is 6.82. The first-order valence-electron chi connectivity index (χ1n) is 10.8.